The van der Waals surface area contributed by atoms with Crippen molar-refractivity contribution < 1.29 is 9.53 Å². The lowest BCUT2D eigenvalue weighted by molar-refractivity contribution is -0.169. The summed E-state index contributed by atoms with van der Waals surface area (Å²) in [5.74, 6) is 0.810. The summed E-state index contributed by atoms with van der Waals surface area (Å²) in [6.45, 7) is 3.42. The average Bonchev–Trinajstić information content (AvgIpc) is 2.94. The molecule has 0 spiro atoms. The Labute approximate surface area is 120 Å². The number of rotatable bonds is 3. The zero-order valence-electron chi connectivity index (χ0n) is 12.1. The van der Waals surface area contributed by atoms with E-state index in [-0.39, 0.29) is 11.8 Å². The minimum Gasteiger partial charge on any atom is -0.368 e. The number of methoxy groups -OCH3 is 1. The lowest BCUT2D eigenvalue weighted by Gasteiger charge is -2.45. The minimum absolute atomic E-state index is 0.108. The van der Waals surface area contributed by atoms with Crippen LogP contribution in [0.3, 0.4) is 0 Å². The Morgan fingerprint density at radius 1 is 1.35 bits per heavy atom. The molecular weight excluding hydrogens is 250 g/mol. The monoisotopic (exact) mass is 271 g/mol. The van der Waals surface area contributed by atoms with Gasteiger partial charge >= 0.3 is 0 Å². The minimum atomic E-state index is -0.718. The van der Waals surface area contributed by atoms with Gasteiger partial charge in [-0.3, -0.25) is 4.79 Å². The molecule has 1 saturated heterocycles. The highest BCUT2D eigenvalue weighted by Crippen LogP contribution is 2.41. The van der Waals surface area contributed by atoms with Crippen molar-refractivity contribution in [2.45, 2.75) is 25.5 Å². The van der Waals surface area contributed by atoms with Crippen LogP contribution in [0.15, 0.2) is 42.5 Å². The van der Waals surface area contributed by atoms with Crippen LogP contribution in [0, 0.1) is 11.8 Å². The van der Waals surface area contributed by atoms with Crippen molar-refractivity contribution in [3.05, 3.63) is 48.0 Å². The van der Waals surface area contributed by atoms with Gasteiger partial charge in [-0.1, -0.05) is 42.5 Å². The maximum Gasteiger partial charge on any atom is 0.255 e. The molecule has 2 aliphatic rings. The van der Waals surface area contributed by atoms with E-state index in [0.29, 0.717) is 12.5 Å². The molecule has 1 aliphatic carbocycles. The Hall–Kier alpha value is -1.61. The summed E-state index contributed by atoms with van der Waals surface area (Å²) in [6.07, 6.45) is 5.39. The third-order valence-electron chi connectivity index (χ3n) is 4.73. The van der Waals surface area contributed by atoms with Crippen LogP contribution in [-0.2, 0) is 16.1 Å². The van der Waals surface area contributed by atoms with Gasteiger partial charge in [0, 0.05) is 26.1 Å². The number of fused-ring (bicyclic) bond motifs is 1. The van der Waals surface area contributed by atoms with Crippen molar-refractivity contribution in [3.63, 3.8) is 0 Å². The fourth-order valence-electron chi connectivity index (χ4n) is 3.51. The maximum atomic E-state index is 12.8. The van der Waals surface area contributed by atoms with Crippen LogP contribution in [0.5, 0.6) is 0 Å². The Morgan fingerprint density at radius 2 is 2.10 bits per heavy atom. The molecule has 1 fully saturated rings. The molecule has 0 unspecified atom stereocenters. The van der Waals surface area contributed by atoms with Gasteiger partial charge in [-0.2, -0.15) is 0 Å². The SMILES string of the molecule is CO[C@]1(C)C(=O)N(Cc2ccccc2)C[C@H]2CC=C[C@H]21. The number of ether oxygens (including phenoxy) is 1. The van der Waals surface area contributed by atoms with Crippen LogP contribution >= 0.6 is 0 Å². The molecule has 0 bridgehead atoms. The molecule has 0 radical (unpaired) electrons. The molecule has 3 atom stereocenters. The first-order chi connectivity index (χ1) is 9.65. The Morgan fingerprint density at radius 3 is 2.80 bits per heavy atom. The maximum absolute atomic E-state index is 12.8. The van der Waals surface area contributed by atoms with Gasteiger partial charge in [-0.05, 0) is 24.8 Å². The number of carbonyl (C=O) groups excluding carboxylic acids is 1. The van der Waals surface area contributed by atoms with Crippen LogP contribution in [-0.4, -0.2) is 30.1 Å². The van der Waals surface area contributed by atoms with E-state index < -0.39 is 5.60 Å². The molecule has 106 valence electrons. The first-order valence-electron chi connectivity index (χ1n) is 7.20. The Kier molecular flexibility index (Phi) is 3.38. The van der Waals surface area contributed by atoms with Crippen LogP contribution in [0.1, 0.15) is 18.9 Å². The largest absolute Gasteiger partial charge is 0.368 e. The molecule has 20 heavy (non-hydrogen) atoms. The number of benzene rings is 1. The van der Waals surface area contributed by atoms with E-state index in [1.807, 2.05) is 30.0 Å². The number of likely N-dealkylation sites (tertiary alicyclic amines) is 1. The summed E-state index contributed by atoms with van der Waals surface area (Å²) in [5.41, 5.74) is 0.453. The van der Waals surface area contributed by atoms with Gasteiger partial charge in [0.05, 0.1) is 0 Å². The van der Waals surface area contributed by atoms with E-state index >= 15 is 0 Å². The molecule has 3 rings (SSSR count). The predicted molar refractivity (Wildman–Crippen MR) is 78.0 cm³/mol. The zero-order valence-corrected chi connectivity index (χ0v) is 12.1. The number of hydrogen-bond acceptors (Lipinski definition) is 2. The number of nitrogens with zero attached hydrogens (tertiary/aromatic N) is 1. The summed E-state index contributed by atoms with van der Waals surface area (Å²) < 4.78 is 5.63. The second-order valence-electron chi connectivity index (χ2n) is 5.93. The molecule has 0 aromatic heterocycles. The Bertz CT molecular complexity index is 525. The van der Waals surface area contributed by atoms with Crippen molar-refractivity contribution in [2.24, 2.45) is 11.8 Å². The molecule has 1 aromatic carbocycles. The molecule has 1 aromatic rings. The van der Waals surface area contributed by atoms with Crippen LogP contribution in [0.25, 0.3) is 0 Å². The first kappa shape index (κ1) is 13.4. The fourth-order valence-corrected chi connectivity index (χ4v) is 3.51. The van der Waals surface area contributed by atoms with Crippen molar-refractivity contribution in [1.82, 2.24) is 4.90 Å². The normalized spacial score (nSPS) is 32.5. The molecule has 3 nitrogen and oxygen atoms in total. The van der Waals surface area contributed by atoms with Crippen LogP contribution < -0.4 is 0 Å². The van der Waals surface area contributed by atoms with Crippen LogP contribution in [0.4, 0.5) is 0 Å². The number of carbonyl (C=O) groups is 1. The third kappa shape index (κ3) is 2.06. The second-order valence-corrected chi connectivity index (χ2v) is 5.93. The van der Waals surface area contributed by atoms with Gasteiger partial charge in [0.2, 0.25) is 0 Å². The molecule has 3 heteroatoms. The third-order valence-corrected chi connectivity index (χ3v) is 4.73. The number of amides is 1. The van der Waals surface area contributed by atoms with E-state index in [1.165, 1.54) is 5.56 Å². The summed E-state index contributed by atoms with van der Waals surface area (Å²) in [7, 11) is 1.65. The number of allylic oxidation sites excluding steroid dienone is 1. The lowest BCUT2D eigenvalue weighted by atomic mass is 9.76. The number of hydrogen-bond donors (Lipinski definition) is 0. The standard InChI is InChI=1S/C17H21NO2/c1-17(20-2)15-10-6-9-14(15)12-18(16(17)19)11-13-7-4-3-5-8-13/h3-8,10,14-15H,9,11-12H2,1-2H3/t14-,15-,17+/m1/s1. The first-order valence-corrected chi connectivity index (χ1v) is 7.20. The molecule has 1 amide bonds. The highest BCUT2D eigenvalue weighted by Gasteiger charge is 2.51. The van der Waals surface area contributed by atoms with Crippen LogP contribution in [0.2, 0.25) is 0 Å². The van der Waals surface area contributed by atoms with E-state index in [0.717, 1.165) is 13.0 Å². The van der Waals surface area contributed by atoms with E-state index in [2.05, 4.69) is 24.3 Å². The smallest absolute Gasteiger partial charge is 0.255 e. The van der Waals surface area contributed by atoms with Crippen molar-refractivity contribution in [3.8, 4) is 0 Å². The summed E-state index contributed by atoms with van der Waals surface area (Å²) in [4.78, 5) is 14.7. The molecular formula is C17H21NO2. The summed E-state index contributed by atoms with van der Waals surface area (Å²) in [5, 5.41) is 0. The van der Waals surface area contributed by atoms with Gasteiger partial charge in [-0.15, -0.1) is 0 Å². The van der Waals surface area contributed by atoms with E-state index in [1.54, 1.807) is 7.11 Å². The van der Waals surface area contributed by atoms with Crippen molar-refractivity contribution in [1.29, 1.82) is 0 Å². The molecule has 0 N–H and O–H groups in total. The highest BCUT2D eigenvalue weighted by atomic mass is 16.5. The average molecular weight is 271 g/mol. The predicted octanol–water partition coefficient (Wildman–Crippen LogP) is 2.63. The van der Waals surface area contributed by atoms with E-state index in [9.17, 15) is 4.79 Å². The molecule has 1 heterocycles. The second kappa shape index (κ2) is 5.06. The fraction of sp³-hybridized carbons (Fsp3) is 0.471. The topological polar surface area (TPSA) is 29.5 Å². The van der Waals surface area contributed by atoms with E-state index in [4.69, 9.17) is 4.74 Å². The Balaban J connectivity index is 1.84. The highest BCUT2D eigenvalue weighted by molar-refractivity contribution is 5.86. The van der Waals surface area contributed by atoms with Gasteiger partial charge in [0.1, 0.15) is 5.60 Å². The zero-order chi connectivity index (χ0) is 14.2. The lowest BCUT2D eigenvalue weighted by Crippen LogP contribution is -2.59. The van der Waals surface area contributed by atoms with Crippen molar-refractivity contribution in [2.75, 3.05) is 13.7 Å². The summed E-state index contributed by atoms with van der Waals surface area (Å²) >= 11 is 0. The van der Waals surface area contributed by atoms with Gasteiger partial charge < -0.3 is 9.64 Å². The van der Waals surface area contributed by atoms with Gasteiger partial charge in [-0.25, -0.2) is 0 Å². The quantitative estimate of drug-likeness (QED) is 0.791. The summed E-state index contributed by atoms with van der Waals surface area (Å²) in [6, 6.07) is 10.2. The number of piperidine rings is 1. The van der Waals surface area contributed by atoms with Crippen molar-refractivity contribution >= 4 is 5.91 Å². The molecule has 0 saturated carbocycles. The molecule has 1 aliphatic heterocycles. The van der Waals surface area contributed by atoms with Gasteiger partial charge in [0.25, 0.3) is 5.91 Å². The van der Waals surface area contributed by atoms with Gasteiger partial charge in [0.15, 0.2) is 0 Å².